The van der Waals surface area contributed by atoms with E-state index >= 15 is 0 Å². The van der Waals surface area contributed by atoms with Gasteiger partial charge in [0, 0.05) is 18.0 Å². The SMILES string of the molecule is COC(=O)c1c(NC(=O)CN2CCOCC2)sc2c1CC[C@H](C)C2. The second kappa shape index (κ2) is 7.63. The molecule has 132 valence electrons. The molecule has 1 aliphatic heterocycles. The number of ether oxygens (including phenoxy) is 2. The molecule has 1 atom stereocenters. The number of hydrogen-bond donors (Lipinski definition) is 1. The first-order valence-corrected chi connectivity index (χ1v) is 9.23. The Kier molecular flexibility index (Phi) is 5.53. The molecule has 1 aromatic rings. The fourth-order valence-electron chi connectivity index (χ4n) is 3.29. The Labute approximate surface area is 146 Å². The molecule has 0 aromatic carbocycles. The monoisotopic (exact) mass is 352 g/mol. The van der Waals surface area contributed by atoms with Crippen LogP contribution in [0.15, 0.2) is 0 Å². The van der Waals surface area contributed by atoms with Crippen molar-refractivity contribution in [2.24, 2.45) is 5.92 Å². The van der Waals surface area contributed by atoms with Crippen LogP contribution in [0.1, 0.15) is 34.1 Å². The molecule has 1 aliphatic carbocycles. The third-order valence-corrected chi connectivity index (χ3v) is 5.79. The molecule has 24 heavy (non-hydrogen) atoms. The zero-order valence-electron chi connectivity index (χ0n) is 14.2. The average molecular weight is 352 g/mol. The van der Waals surface area contributed by atoms with Crippen LogP contribution in [0.2, 0.25) is 0 Å². The summed E-state index contributed by atoms with van der Waals surface area (Å²) in [4.78, 5) is 27.9. The van der Waals surface area contributed by atoms with Crippen LogP contribution in [0.3, 0.4) is 0 Å². The third kappa shape index (κ3) is 3.79. The van der Waals surface area contributed by atoms with E-state index in [9.17, 15) is 9.59 Å². The number of nitrogens with zero attached hydrogens (tertiary/aromatic N) is 1. The van der Waals surface area contributed by atoms with Crippen LogP contribution in [0.4, 0.5) is 5.00 Å². The van der Waals surface area contributed by atoms with E-state index in [1.807, 2.05) is 0 Å². The number of anilines is 1. The highest BCUT2D eigenvalue weighted by Gasteiger charge is 2.29. The highest BCUT2D eigenvalue weighted by Crippen LogP contribution is 2.40. The van der Waals surface area contributed by atoms with Gasteiger partial charge in [0.15, 0.2) is 0 Å². The number of methoxy groups -OCH3 is 1. The van der Waals surface area contributed by atoms with Gasteiger partial charge < -0.3 is 14.8 Å². The molecule has 1 aromatic heterocycles. The number of amides is 1. The summed E-state index contributed by atoms with van der Waals surface area (Å²) in [7, 11) is 1.39. The molecule has 1 saturated heterocycles. The Bertz CT molecular complexity index is 622. The maximum absolute atomic E-state index is 12.4. The van der Waals surface area contributed by atoms with Crippen molar-refractivity contribution in [2.45, 2.75) is 26.2 Å². The van der Waals surface area contributed by atoms with E-state index in [2.05, 4.69) is 17.1 Å². The number of fused-ring (bicyclic) bond motifs is 1. The van der Waals surface area contributed by atoms with Gasteiger partial charge in [-0.05, 0) is 30.7 Å². The van der Waals surface area contributed by atoms with Gasteiger partial charge in [-0.25, -0.2) is 4.79 Å². The van der Waals surface area contributed by atoms with Gasteiger partial charge in [0.05, 0.1) is 32.4 Å². The molecule has 0 radical (unpaired) electrons. The van der Waals surface area contributed by atoms with Gasteiger partial charge in [0.2, 0.25) is 5.91 Å². The molecule has 2 heterocycles. The van der Waals surface area contributed by atoms with Crippen molar-refractivity contribution in [1.29, 1.82) is 0 Å². The Morgan fingerprint density at radius 3 is 2.83 bits per heavy atom. The quantitative estimate of drug-likeness (QED) is 0.839. The zero-order valence-corrected chi connectivity index (χ0v) is 15.0. The first-order valence-electron chi connectivity index (χ1n) is 8.41. The van der Waals surface area contributed by atoms with E-state index in [-0.39, 0.29) is 11.9 Å². The standard InChI is InChI=1S/C17H24N2O4S/c1-11-3-4-12-13(9-11)24-16(15(12)17(21)22-2)18-14(20)10-19-5-7-23-8-6-19/h11H,3-10H2,1-2H3,(H,18,20)/t11-/m0/s1. The number of morpholine rings is 1. The van der Waals surface area contributed by atoms with E-state index in [4.69, 9.17) is 9.47 Å². The lowest BCUT2D eigenvalue weighted by molar-refractivity contribution is -0.118. The lowest BCUT2D eigenvalue weighted by Gasteiger charge is -2.25. The summed E-state index contributed by atoms with van der Waals surface area (Å²) in [6.45, 7) is 5.38. The van der Waals surface area contributed by atoms with Crippen LogP contribution >= 0.6 is 11.3 Å². The molecule has 2 aliphatic rings. The number of hydrogen-bond acceptors (Lipinski definition) is 6. The summed E-state index contributed by atoms with van der Waals surface area (Å²) in [5.74, 6) is 0.163. The number of carbonyl (C=O) groups excluding carboxylic acids is 2. The summed E-state index contributed by atoms with van der Waals surface area (Å²) in [5, 5.41) is 3.58. The summed E-state index contributed by atoms with van der Waals surface area (Å²) in [6.07, 6.45) is 2.90. The van der Waals surface area contributed by atoms with Crippen LogP contribution < -0.4 is 5.32 Å². The Balaban J connectivity index is 1.76. The van der Waals surface area contributed by atoms with Gasteiger partial charge in [-0.15, -0.1) is 11.3 Å². The van der Waals surface area contributed by atoms with Crippen LogP contribution in [0.25, 0.3) is 0 Å². The number of rotatable bonds is 4. The highest BCUT2D eigenvalue weighted by atomic mass is 32.1. The lowest BCUT2D eigenvalue weighted by Crippen LogP contribution is -2.41. The molecule has 1 amide bonds. The maximum atomic E-state index is 12.4. The molecule has 0 saturated carbocycles. The normalized spacial score (nSPS) is 21.2. The largest absolute Gasteiger partial charge is 0.465 e. The van der Waals surface area contributed by atoms with Crippen molar-refractivity contribution < 1.29 is 19.1 Å². The Hall–Kier alpha value is -1.44. The van der Waals surface area contributed by atoms with E-state index in [0.29, 0.717) is 36.2 Å². The average Bonchev–Trinajstić information content (AvgIpc) is 2.91. The molecule has 0 bridgehead atoms. The molecular weight excluding hydrogens is 328 g/mol. The predicted molar refractivity (Wildman–Crippen MR) is 92.7 cm³/mol. The van der Waals surface area contributed by atoms with Crippen molar-refractivity contribution in [3.05, 3.63) is 16.0 Å². The number of thiophene rings is 1. The van der Waals surface area contributed by atoms with E-state index in [1.54, 1.807) is 0 Å². The molecule has 0 spiro atoms. The molecule has 1 fully saturated rings. The van der Waals surface area contributed by atoms with E-state index in [0.717, 1.165) is 37.9 Å². The molecule has 3 rings (SSSR count). The first kappa shape index (κ1) is 17.4. The van der Waals surface area contributed by atoms with Gasteiger partial charge in [0.25, 0.3) is 0 Å². The van der Waals surface area contributed by atoms with Gasteiger partial charge in [-0.1, -0.05) is 6.92 Å². The van der Waals surface area contributed by atoms with Crippen molar-refractivity contribution in [3.63, 3.8) is 0 Å². The smallest absolute Gasteiger partial charge is 0.341 e. The third-order valence-electron chi connectivity index (χ3n) is 4.63. The van der Waals surface area contributed by atoms with Crippen molar-refractivity contribution in [2.75, 3.05) is 45.3 Å². The van der Waals surface area contributed by atoms with Crippen LogP contribution in [0, 0.1) is 5.92 Å². The molecule has 1 N–H and O–H groups in total. The van der Waals surface area contributed by atoms with E-state index < -0.39 is 0 Å². The highest BCUT2D eigenvalue weighted by molar-refractivity contribution is 7.17. The second-order valence-corrected chi connectivity index (χ2v) is 7.59. The summed E-state index contributed by atoms with van der Waals surface area (Å²) >= 11 is 1.52. The molecule has 6 nitrogen and oxygen atoms in total. The molecule has 0 unspecified atom stereocenters. The summed E-state index contributed by atoms with van der Waals surface area (Å²) in [6, 6.07) is 0. The summed E-state index contributed by atoms with van der Waals surface area (Å²) in [5.41, 5.74) is 1.62. The predicted octanol–water partition coefficient (Wildman–Crippen LogP) is 1.93. The first-order chi connectivity index (χ1) is 11.6. The van der Waals surface area contributed by atoms with E-state index in [1.165, 1.54) is 23.3 Å². The maximum Gasteiger partial charge on any atom is 0.341 e. The number of esters is 1. The van der Waals surface area contributed by atoms with Gasteiger partial charge in [0.1, 0.15) is 5.00 Å². The number of nitrogens with one attached hydrogen (secondary N) is 1. The second-order valence-electron chi connectivity index (χ2n) is 6.48. The van der Waals surface area contributed by atoms with Crippen molar-refractivity contribution in [3.8, 4) is 0 Å². The van der Waals surface area contributed by atoms with Crippen LogP contribution in [0.5, 0.6) is 0 Å². The zero-order chi connectivity index (χ0) is 17.1. The molecule has 7 heteroatoms. The van der Waals surface area contributed by atoms with Crippen molar-refractivity contribution in [1.82, 2.24) is 4.90 Å². The lowest BCUT2D eigenvalue weighted by atomic mass is 9.88. The Morgan fingerprint density at radius 2 is 2.12 bits per heavy atom. The minimum Gasteiger partial charge on any atom is -0.465 e. The van der Waals surface area contributed by atoms with Crippen LogP contribution in [-0.2, 0) is 27.1 Å². The van der Waals surface area contributed by atoms with Crippen molar-refractivity contribution >= 4 is 28.2 Å². The minimum absolute atomic E-state index is 0.0892. The fourth-order valence-corrected chi connectivity index (χ4v) is 4.70. The van der Waals surface area contributed by atoms with Gasteiger partial charge in [-0.2, -0.15) is 0 Å². The van der Waals surface area contributed by atoms with Gasteiger partial charge in [-0.3, -0.25) is 9.69 Å². The Morgan fingerprint density at radius 1 is 1.38 bits per heavy atom. The van der Waals surface area contributed by atoms with Gasteiger partial charge >= 0.3 is 5.97 Å². The number of carbonyl (C=O) groups is 2. The van der Waals surface area contributed by atoms with Crippen LogP contribution in [-0.4, -0.2) is 56.7 Å². The molecular formula is C17H24N2O4S. The summed E-state index contributed by atoms with van der Waals surface area (Å²) < 4.78 is 10.2. The fraction of sp³-hybridized carbons (Fsp3) is 0.647. The topological polar surface area (TPSA) is 67.9 Å². The minimum atomic E-state index is -0.358.